The van der Waals surface area contributed by atoms with Gasteiger partial charge in [-0.25, -0.2) is 0 Å². The van der Waals surface area contributed by atoms with Gasteiger partial charge in [-0.1, -0.05) is 36.4 Å². The molecule has 2 aromatic rings. The molecule has 0 bridgehead atoms. The van der Waals surface area contributed by atoms with Crippen molar-refractivity contribution in [3.8, 4) is 0 Å². The summed E-state index contributed by atoms with van der Waals surface area (Å²) in [4.78, 5) is 25.5. The summed E-state index contributed by atoms with van der Waals surface area (Å²) in [6, 6.07) is 15.9. The zero-order chi connectivity index (χ0) is 18.4. The Morgan fingerprint density at radius 3 is 2.62 bits per heavy atom. The quantitative estimate of drug-likeness (QED) is 0.813. The van der Waals surface area contributed by atoms with Gasteiger partial charge in [-0.2, -0.15) is 0 Å². The van der Waals surface area contributed by atoms with E-state index in [0.29, 0.717) is 13.0 Å². The zero-order valence-electron chi connectivity index (χ0n) is 15.1. The molecule has 4 nitrogen and oxygen atoms in total. The number of rotatable bonds is 6. The van der Waals surface area contributed by atoms with E-state index in [4.69, 9.17) is 0 Å². The standard InChI is InChI=1S/C22H24N2O2/c1-17-5-2-3-6-19(17)14-15-23-21(25)13-10-18-8-11-20(12-9-18)24-16-4-7-22(24)26/h2-3,5-6,8-13H,4,7,14-16H2,1H3,(H,23,25)/b13-10+. The predicted molar refractivity (Wildman–Crippen MR) is 105 cm³/mol. The molecule has 1 saturated heterocycles. The molecule has 4 heteroatoms. The van der Waals surface area contributed by atoms with Crippen LogP contribution in [0.25, 0.3) is 6.08 Å². The molecule has 0 atom stereocenters. The van der Waals surface area contributed by atoms with Gasteiger partial charge < -0.3 is 10.2 Å². The fourth-order valence-electron chi connectivity index (χ4n) is 3.13. The van der Waals surface area contributed by atoms with Gasteiger partial charge in [-0.3, -0.25) is 9.59 Å². The Morgan fingerprint density at radius 2 is 1.92 bits per heavy atom. The van der Waals surface area contributed by atoms with Crippen molar-refractivity contribution >= 4 is 23.6 Å². The molecular formula is C22H24N2O2. The maximum Gasteiger partial charge on any atom is 0.244 e. The summed E-state index contributed by atoms with van der Waals surface area (Å²) < 4.78 is 0. The van der Waals surface area contributed by atoms with Crippen LogP contribution in [0, 0.1) is 6.92 Å². The molecule has 134 valence electrons. The van der Waals surface area contributed by atoms with Crippen LogP contribution in [0.3, 0.4) is 0 Å². The molecule has 26 heavy (non-hydrogen) atoms. The third-order valence-electron chi connectivity index (χ3n) is 4.66. The van der Waals surface area contributed by atoms with Crippen LogP contribution in [0.2, 0.25) is 0 Å². The second kappa shape index (κ2) is 8.48. The van der Waals surface area contributed by atoms with E-state index >= 15 is 0 Å². The Hall–Kier alpha value is -2.88. The van der Waals surface area contributed by atoms with Crippen molar-refractivity contribution < 1.29 is 9.59 Å². The fourth-order valence-corrected chi connectivity index (χ4v) is 3.13. The van der Waals surface area contributed by atoms with Gasteiger partial charge in [-0.15, -0.1) is 0 Å². The van der Waals surface area contributed by atoms with E-state index in [-0.39, 0.29) is 11.8 Å². The van der Waals surface area contributed by atoms with E-state index in [1.54, 1.807) is 12.2 Å². The van der Waals surface area contributed by atoms with Gasteiger partial charge in [-0.05, 0) is 54.7 Å². The lowest BCUT2D eigenvalue weighted by Crippen LogP contribution is -2.23. The van der Waals surface area contributed by atoms with Crippen molar-refractivity contribution in [1.82, 2.24) is 5.32 Å². The van der Waals surface area contributed by atoms with Gasteiger partial charge >= 0.3 is 0 Å². The summed E-state index contributed by atoms with van der Waals surface area (Å²) in [5.41, 5.74) is 4.36. The first-order valence-corrected chi connectivity index (χ1v) is 9.04. The number of benzene rings is 2. The van der Waals surface area contributed by atoms with Gasteiger partial charge in [0.25, 0.3) is 0 Å². The molecule has 1 heterocycles. The van der Waals surface area contributed by atoms with Gasteiger partial charge in [0.2, 0.25) is 11.8 Å². The molecule has 2 aromatic carbocycles. The Kier molecular flexibility index (Phi) is 5.84. The number of nitrogens with zero attached hydrogens (tertiary/aromatic N) is 1. The van der Waals surface area contributed by atoms with Crippen LogP contribution in [0.5, 0.6) is 0 Å². The topological polar surface area (TPSA) is 49.4 Å². The van der Waals surface area contributed by atoms with Crippen LogP contribution in [-0.4, -0.2) is 24.9 Å². The minimum absolute atomic E-state index is 0.0996. The fraction of sp³-hybridized carbons (Fsp3) is 0.273. The van der Waals surface area contributed by atoms with Gasteiger partial charge in [0.15, 0.2) is 0 Å². The second-order valence-electron chi connectivity index (χ2n) is 6.54. The van der Waals surface area contributed by atoms with E-state index in [1.807, 2.05) is 41.3 Å². The lowest BCUT2D eigenvalue weighted by Gasteiger charge is -2.15. The zero-order valence-corrected chi connectivity index (χ0v) is 15.1. The van der Waals surface area contributed by atoms with Crippen molar-refractivity contribution in [2.45, 2.75) is 26.2 Å². The maximum atomic E-state index is 12.0. The molecule has 0 unspecified atom stereocenters. The van der Waals surface area contributed by atoms with Crippen molar-refractivity contribution in [2.75, 3.05) is 18.0 Å². The molecule has 0 saturated carbocycles. The van der Waals surface area contributed by atoms with Gasteiger partial charge in [0, 0.05) is 31.3 Å². The number of anilines is 1. The van der Waals surface area contributed by atoms with Crippen molar-refractivity contribution in [1.29, 1.82) is 0 Å². The largest absolute Gasteiger partial charge is 0.352 e. The normalized spacial score (nSPS) is 14.2. The first-order chi connectivity index (χ1) is 12.6. The van der Waals surface area contributed by atoms with Gasteiger partial charge in [0.1, 0.15) is 0 Å². The highest BCUT2D eigenvalue weighted by atomic mass is 16.2. The van der Waals surface area contributed by atoms with E-state index in [1.165, 1.54) is 11.1 Å². The molecule has 0 radical (unpaired) electrons. The molecule has 3 rings (SSSR count). The van der Waals surface area contributed by atoms with Crippen LogP contribution < -0.4 is 10.2 Å². The smallest absolute Gasteiger partial charge is 0.244 e. The molecule has 1 aliphatic heterocycles. The van der Waals surface area contributed by atoms with Crippen LogP contribution in [-0.2, 0) is 16.0 Å². The monoisotopic (exact) mass is 348 g/mol. The van der Waals surface area contributed by atoms with E-state index in [0.717, 1.165) is 30.6 Å². The number of carbonyl (C=O) groups is 2. The molecule has 1 aliphatic rings. The number of hydrogen-bond acceptors (Lipinski definition) is 2. The Bertz CT molecular complexity index is 809. The third kappa shape index (κ3) is 4.60. The summed E-state index contributed by atoms with van der Waals surface area (Å²) in [6.45, 7) is 3.48. The summed E-state index contributed by atoms with van der Waals surface area (Å²) in [7, 11) is 0. The summed E-state index contributed by atoms with van der Waals surface area (Å²) in [6.07, 6.45) is 5.71. The number of hydrogen-bond donors (Lipinski definition) is 1. The highest BCUT2D eigenvalue weighted by Gasteiger charge is 2.21. The number of aryl methyl sites for hydroxylation is 1. The van der Waals surface area contributed by atoms with Crippen molar-refractivity contribution in [3.05, 3.63) is 71.3 Å². The first-order valence-electron chi connectivity index (χ1n) is 9.04. The third-order valence-corrected chi connectivity index (χ3v) is 4.66. The maximum absolute atomic E-state index is 12.0. The molecule has 0 aromatic heterocycles. The van der Waals surface area contributed by atoms with E-state index in [2.05, 4.69) is 24.4 Å². The molecule has 0 spiro atoms. The van der Waals surface area contributed by atoms with Crippen LogP contribution in [0.1, 0.15) is 29.5 Å². The predicted octanol–water partition coefficient (Wildman–Crippen LogP) is 3.49. The lowest BCUT2D eigenvalue weighted by atomic mass is 10.1. The van der Waals surface area contributed by atoms with E-state index < -0.39 is 0 Å². The summed E-state index contributed by atoms with van der Waals surface area (Å²) >= 11 is 0. The van der Waals surface area contributed by atoms with Crippen LogP contribution in [0.4, 0.5) is 5.69 Å². The number of amides is 2. The summed E-state index contributed by atoms with van der Waals surface area (Å²) in [5, 5.41) is 2.91. The van der Waals surface area contributed by atoms with Crippen molar-refractivity contribution in [3.63, 3.8) is 0 Å². The molecule has 0 aliphatic carbocycles. The molecule has 2 amide bonds. The average Bonchev–Trinajstić information content (AvgIpc) is 3.08. The highest BCUT2D eigenvalue weighted by Crippen LogP contribution is 2.21. The van der Waals surface area contributed by atoms with Crippen molar-refractivity contribution in [2.24, 2.45) is 0 Å². The Balaban J connectivity index is 1.48. The SMILES string of the molecule is Cc1ccccc1CCNC(=O)/C=C/c1ccc(N2CCCC2=O)cc1. The Morgan fingerprint density at radius 1 is 1.15 bits per heavy atom. The minimum atomic E-state index is -0.0996. The highest BCUT2D eigenvalue weighted by molar-refractivity contribution is 5.95. The Labute approximate surface area is 154 Å². The van der Waals surface area contributed by atoms with E-state index in [9.17, 15) is 9.59 Å². The van der Waals surface area contributed by atoms with Crippen LogP contribution in [0.15, 0.2) is 54.6 Å². The van der Waals surface area contributed by atoms with Gasteiger partial charge in [0.05, 0.1) is 0 Å². The molecule has 1 fully saturated rings. The lowest BCUT2D eigenvalue weighted by molar-refractivity contribution is -0.117. The summed E-state index contributed by atoms with van der Waals surface area (Å²) in [5.74, 6) is 0.0821. The average molecular weight is 348 g/mol. The number of carbonyl (C=O) groups excluding carboxylic acids is 2. The molecule has 1 N–H and O–H groups in total. The minimum Gasteiger partial charge on any atom is -0.352 e. The number of nitrogens with one attached hydrogen (secondary N) is 1. The first kappa shape index (κ1) is 17.9. The van der Waals surface area contributed by atoms with Crippen LogP contribution >= 0.6 is 0 Å². The second-order valence-corrected chi connectivity index (χ2v) is 6.54. The molecular weight excluding hydrogens is 324 g/mol.